The summed E-state index contributed by atoms with van der Waals surface area (Å²) < 4.78 is 7.60. The average molecular weight is 406 g/mol. The predicted molar refractivity (Wildman–Crippen MR) is 116 cm³/mol. The maximum atomic E-state index is 12.2. The molecule has 1 amide bonds. The van der Waals surface area contributed by atoms with E-state index in [-0.39, 0.29) is 5.91 Å². The Balaban J connectivity index is 1.27. The summed E-state index contributed by atoms with van der Waals surface area (Å²) in [6, 6.07) is 11.9. The molecule has 1 atom stereocenters. The quantitative estimate of drug-likeness (QED) is 0.578. The molecule has 0 saturated carbocycles. The summed E-state index contributed by atoms with van der Waals surface area (Å²) in [7, 11) is 0. The van der Waals surface area contributed by atoms with Crippen LogP contribution >= 0.6 is 0 Å². The average Bonchev–Trinajstić information content (AvgIpc) is 3.41. The van der Waals surface area contributed by atoms with E-state index in [1.807, 2.05) is 24.3 Å². The number of amides is 1. The van der Waals surface area contributed by atoms with Crippen molar-refractivity contribution in [3.63, 3.8) is 0 Å². The Bertz CT molecular complexity index is 955. The second-order valence-corrected chi connectivity index (χ2v) is 7.59. The van der Waals surface area contributed by atoms with Crippen molar-refractivity contribution in [1.82, 2.24) is 19.7 Å². The lowest BCUT2D eigenvalue weighted by Crippen LogP contribution is -2.28. The van der Waals surface area contributed by atoms with Gasteiger partial charge in [0.05, 0.1) is 30.4 Å². The van der Waals surface area contributed by atoms with Gasteiger partial charge in [0.25, 0.3) is 5.91 Å². The van der Waals surface area contributed by atoms with Crippen molar-refractivity contribution >= 4 is 11.6 Å². The topological polar surface area (TPSA) is 72.3 Å². The first-order chi connectivity index (χ1) is 14.7. The molecule has 156 valence electrons. The van der Waals surface area contributed by atoms with E-state index in [1.54, 1.807) is 41.6 Å². The number of carbonyl (C=O) groups excluding carboxylic acids is 1. The van der Waals surface area contributed by atoms with E-state index in [9.17, 15) is 4.79 Å². The number of hydrogen-bond acceptors (Lipinski definition) is 5. The minimum atomic E-state index is -0.191. The molecule has 0 aliphatic carbocycles. The number of nitrogens with zero attached hydrogens (tertiary/aromatic N) is 4. The molecule has 0 spiro atoms. The van der Waals surface area contributed by atoms with Crippen LogP contribution in [-0.4, -0.2) is 51.3 Å². The largest absolute Gasteiger partial charge is 0.494 e. The molecule has 7 heteroatoms. The lowest BCUT2D eigenvalue weighted by atomic mass is 10.2. The summed E-state index contributed by atoms with van der Waals surface area (Å²) in [4.78, 5) is 18.7. The zero-order chi connectivity index (χ0) is 20.8. The molecule has 0 bridgehead atoms. The number of pyridine rings is 1. The number of benzene rings is 1. The molecular formula is C23H27N5O2. The van der Waals surface area contributed by atoms with Crippen LogP contribution in [0.25, 0.3) is 5.69 Å². The van der Waals surface area contributed by atoms with Gasteiger partial charge in [0.1, 0.15) is 5.75 Å². The first-order valence-corrected chi connectivity index (χ1v) is 10.4. The van der Waals surface area contributed by atoms with Crippen molar-refractivity contribution in [1.29, 1.82) is 0 Å². The summed E-state index contributed by atoms with van der Waals surface area (Å²) in [6.45, 7) is 5.33. The van der Waals surface area contributed by atoms with Gasteiger partial charge in [-0.25, -0.2) is 4.68 Å². The summed E-state index contributed by atoms with van der Waals surface area (Å²) in [6.07, 6.45) is 10.3. The Morgan fingerprint density at radius 2 is 2.00 bits per heavy atom. The number of rotatable bonds is 8. The molecule has 3 aromatic rings. The third-order valence-electron chi connectivity index (χ3n) is 5.43. The highest BCUT2D eigenvalue weighted by molar-refractivity contribution is 6.04. The molecule has 1 unspecified atom stereocenters. The second-order valence-electron chi connectivity index (χ2n) is 7.59. The van der Waals surface area contributed by atoms with Gasteiger partial charge < -0.3 is 15.0 Å². The highest BCUT2D eigenvalue weighted by atomic mass is 16.5. The number of anilines is 1. The van der Waals surface area contributed by atoms with E-state index in [0.717, 1.165) is 31.0 Å². The maximum absolute atomic E-state index is 12.2. The number of nitrogens with one attached hydrogen (secondary N) is 1. The number of hydrogen-bond donors (Lipinski definition) is 1. The van der Waals surface area contributed by atoms with Crippen molar-refractivity contribution in [3.05, 3.63) is 66.7 Å². The Morgan fingerprint density at radius 3 is 2.73 bits per heavy atom. The summed E-state index contributed by atoms with van der Waals surface area (Å²) >= 11 is 0. The standard InChI is InChI=1S/C23H27N5O2/c1-18-4-2-13-27(18)14-3-15-30-22-7-5-21(6-8-22)28-17-20(16-25-28)26-23(29)19-9-11-24-12-10-19/h5-12,16-18H,2-4,13-15H2,1H3,(H,26,29). The first-order valence-electron chi connectivity index (χ1n) is 10.4. The summed E-state index contributed by atoms with van der Waals surface area (Å²) in [5.74, 6) is 0.663. The molecule has 3 heterocycles. The third kappa shape index (κ3) is 5.04. The SMILES string of the molecule is CC1CCCN1CCCOc1ccc(-n2cc(NC(=O)c3ccncc3)cn2)cc1. The molecule has 1 fully saturated rings. The smallest absolute Gasteiger partial charge is 0.255 e. The van der Waals surface area contributed by atoms with Crippen LogP contribution < -0.4 is 10.1 Å². The van der Waals surface area contributed by atoms with Crippen LogP contribution in [0.15, 0.2) is 61.2 Å². The van der Waals surface area contributed by atoms with E-state index in [1.165, 1.54) is 19.4 Å². The Morgan fingerprint density at radius 1 is 1.20 bits per heavy atom. The van der Waals surface area contributed by atoms with Gasteiger partial charge in [0, 0.05) is 30.5 Å². The van der Waals surface area contributed by atoms with Crippen LogP contribution in [0.5, 0.6) is 5.75 Å². The van der Waals surface area contributed by atoms with Gasteiger partial charge in [0.2, 0.25) is 0 Å². The van der Waals surface area contributed by atoms with Crippen LogP contribution in [0.3, 0.4) is 0 Å². The van der Waals surface area contributed by atoms with Gasteiger partial charge in [0.15, 0.2) is 0 Å². The van der Waals surface area contributed by atoms with Crippen molar-refractivity contribution in [3.8, 4) is 11.4 Å². The van der Waals surface area contributed by atoms with Crippen LogP contribution in [0.2, 0.25) is 0 Å². The Labute approximate surface area is 176 Å². The molecule has 1 aliphatic heterocycles. The monoisotopic (exact) mass is 405 g/mol. The van der Waals surface area contributed by atoms with Gasteiger partial charge in [-0.15, -0.1) is 0 Å². The fourth-order valence-corrected chi connectivity index (χ4v) is 3.71. The van der Waals surface area contributed by atoms with Crippen LogP contribution in [0.4, 0.5) is 5.69 Å². The molecule has 1 N–H and O–H groups in total. The highest BCUT2D eigenvalue weighted by Crippen LogP contribution is 2.19. The van der Waals surface area contributed by atoms with Crippen LogP contribution in [-0.2, 0) is 0 Å². The molecule has 2 aromatic heterocycles. The summed E-state index contributed by atoms with van der Waals surface area (Å²) in [5, 5.41) is 7.17. The highest BCUT2D eigenvalue weighted by Gasteiger charge is 2.19. The fraction of sp³-hybridized carbons (Fsp3) is 0.348. The minimum Gasteiger partial charge on any atom is -0.494 e. The molecule has 7 nitrogen and oxygen atoms in total. The van der Waals surface area contributed by atoms with E-state index in [2.05, 4.69) is 27.2 Å². The van der Waals surface area contributed by atoms with Crippen molar-refractivity contribution in [2.75, 3.05) is 25.0 Å². The van der Waals surface area contributed by atoms with Gasteiger partial charge in [-0.2, -0.15) is 5.10 Å². The van der Waals surface area contributed by atoms with Gasteiger partial charge in [-0.05, 0) is 69.1 Å². The number of carbonyl (C=O) groups is 1. The zero-order valence-corrected chi connectivity index (χ0v) is 17.2. The zero-order valence-electron chi connectivity index (χ0n) is 17.2. The third-order valence-corrected chi connectivity index (χ3v) is 5.43. The van der Waals surface area contributed by atoms with E-state index in [0.29, 0.717) is 17.3 Å². The molecule has 1 aromatic carbocycles. The lowest BCUT2D eigenvalue weighted by molar-refractivity contribution is 0.102. The van der Waals surface area contributed by atoms with Crippen molar-refractivity contribution in [2.24, 2.45) is 0 Å². The maximum Gasteiger partial charge on any atom is 0.255 e. The van der Waals surface area contributed by atoms with Crippen LogP contribution in [0.1, 0.15) is 36.5 Å². The number of likely N-dealkylation sites (tertiary alicyclic amines) is 1. The van der Waals surface area contributed by atoms with Gasteiger partial charge >= 0.3 is 0 Å². The molecule has 4 rings (SSSR count). The molecular weight excluding hydrogens is 378 g/mol. The first kappa shape index (κ1) is 20.1. The van der Waals surface area contributed by atoms with Crippen molar-refractivity contribution < 1.29 is 9.53 Å². The second kappa shape index (κ2) is 9.54. The molecule has 30 heavy (non-hydrogen) atoms. The fourth-order valence-electron chi connectivity index (χ4n) is 3.71. The van der Waals surface area contributed by atoms with Gasteiger partial charge in [-0.3, -0.25) is 9.78 Å². The number of aromatic nitrogens is 3. The normalized spacial score (nSPS) is 16.5. The number of ether oxygens (including phenoxy) is 1. The summed E-state index contributed by atoms with van der Waals surface area (Å²) in [5.41, 5.74) is 2.09. The van der Waals surface area contributed by atoms with E-state index in [4.69, 9.17) is 4.74 Å². The predicted octanol–water partition coefficient (Wildman–Crippen LogP) is 3.77. The van der Waals surface area contributed by atoms with Crippen molar-refractivity contribution in [2.45, 2.75) is 32.2 Å². The molecule has 0 radical (unpaired) electrons. The Kier molecular flexibility index (Phi) is 6.39. The molecule has 1 aliphatic rings. The molecule has 1 saturated heterocycles. The Hall–Kier alpha value is -3.19. The minimum absolute atomic E-state index is 0.191. The van der Waals surface area contributed by atoms with E-state index < -0.39 is 0 Å². The lowest BCUT2D eigenvalue weighted by Gasteiger charge is -2.20. The van der Waals surface area contributed by atoms with E-state index >= 15 is 0 Å². The van der Waals surface area contributed by atoms with Crippen LogP contribution in [0, 0.1) is 0 Å². The van der Waals surface area contributed by atoms with Gasteiger partial charge in [-0.1, -0.05) is 0 Å².